The molecule has 0 aromatic heterocycles. The number of ether oxygens (including phenoxy) is 1. The Bertz CT molecular complexity index is 206. The molecule has 0 saturated heterocycles. The second-order valence-corrected chi connectivity index (χ2v) is 6.10. The van der Waals surface area contributed by atoms with Crippen LogP contribution in [0.2, 0.25) is 0 Å². The van der Waals surface area contributed by atoms with Crippen molar-refractivity contribution in [3.63, 3.8) is 0 Å². The molecule has 3 nitrogen and oxygen atoms in total. The van der Waals surface area contributed by atoms with Gasteiger partial charge in [0.05, 0.1) is 13.2 Å². The van der Waals surface area contributed by atoms with Gasteiger partial charge in [0, 0.05) is 32.1 Å². The maximum Gasteiger partial charge on any atom is 0.0589 e. The van der Waals surface area contributed by atoms with Crippen molar-refractivity contribution in [2.45, 2.75) is 38.5 Å². The second kappa shape index (κ2) is 9.29. The molecule has 0 radical (unpaired) electrons. The highest BCUT2D eigenvalue weighted by molar-refractivity contribution is 9.09. The van der Waals surface area contributed by atoms with Gasteiger partial charge in [-0.05, 0) is 18.3 Å². The molecule has 0 amide bonds. The van der Waals surface area contributed by atoms with Gasteiger partial charge >= 0.3 is 0 Å². The van der Waals surface area contributed by atoms with Crippen molar-refractivity contribution in [3.05, 3.63) is 0 Å². The van der Waals surface area contributed by atoms with Crippen molar-refractivity contribution in [2.24, 2.45) is 5.41 Å². The van der Waals surface area contributed by atoms with Crippen LogP contribution in [0.3, 0.4) is 0 Å². The maximum absolute atomic E-state index is 9.18. The third kappa shape index (κ3) is 5.55. The number of aliphatic hydroxyl groups excluding tert-OH is 1. The molecular weight excluding hydrogens is 294 g/mol. The highest BCUT2D eigenvalue weighted by Crippen LogP contribution is 2.37. The van der Waals surface area contributed by atoms with E-state index in [1.54, 1.807) is 7.11 Å². The molecule has 1 aliphatic rings. The smallest absolute Gasteiger partial charge is 0.0589 e. The first-order chi connectivity index (χ1) is 8.76. The summed E-state index contributed by atoms with van der Waals surface area (Å²) in [6.07, 6.45) is 8.09. The Morgan fingerprint density at radius 3 is 2.33 bits per heavy atom. The van der Waals surface area contributed by atoms with Crippen LogP contribution in [0.1, 0.15) is 38.5 Å². The van der Waals surface area contributed by atoms with E-state index < -0.39 is 0 Å². The summed E-state index contributed by atoms with van der Waals surface area (Å²) >= 11 is 3.73. The molecule has 0 aromatic carbocycles. The van der Waals surface area contributed by atoms with Gasteiger partial charge in [0.25, 0.3) is 0 Å². The van der Waals surface area contributed by atoms with Crippen LogP contribution in [0.5, 0.6) is 0 Å². The van der Waals surface area contributed by atoms with E-state index >= 15 is 0 Å². The highest BCUT2D eigenvalue weighted by atomic mass is 79.9. The minimum Gasteiger partial charge on any atom is -0.395 e. The SMILES string of the molecule is COCCN(CCO)CC1(CBr)CCCCCC1. The number of hydrogen-bond donors (Lipinski definition) is 1. The molecule has 1 rings (SSSR count). The van der Waals surface area contributed by atoms with Crippen LogP contribution in [0.4, 0.5) is 0 Å². The molecule has 0 unspecified atom stereocenters. The summed E-state index contributed by atoms with van der Waals surface area (Å²) in [6.45, 7) is 3.76. The van der Waals surface area contributed by atoms with Crippen molar-refractivity contribution in [3.8, 4) is 0 Å². The predicted octanol–water partition coefficient (Wildman–Crippen LogP) is 2.66. The lowest BCUT2D eigenvalue weighted by molar-refractivity contribution is 0.0916. The van der Waals surface area contributed by atoms with Gasteiger partial charge in [-0.3, -0.25) is 4.90 Å². The number of rotatable bonds is 8. The van der Waals surface area contributed by atoms with Gasteiger partial charge in [-0.1, -0.05) is 41.6 Å². The molecular formula is C14H28BrNO2. The Morgan fingerprint density at radius 2 is 1.83 bits per heavy atom. The predicted molar refractivity (Wildman–Crippen MR) is 79.3 cm³/mol. The zero-order chi connectivity index (χ0) is 13.3. The molecule has 1 N–H and O–H groups in total. The number of alkyl halides is 1. The van der Waals surface area contributed by atoms with Crippen LogP contribution in [-0.2, 0) is 4.74 Å². The Hall–Kier alpha value is 0.360. The van der Waals surface area contributed by atoms with Gasteiger partial charge in [0.2, 0.25) is 0 Å². The molecule has 0 aliphatic heterocycles. The van der Waals surface area contributed by atoms with E-state index in [1.165, 1.54) is 38.5 Å². The lowest BCUT2D eigenvalue weighted by Crippen LogP contribution is -2.41. The molecule has 0 spiro atoms. The van der Waals surface area contributed by atoms with E-state index in [0.717, 1.165) is 31.6 Å². The van der Waals surface area contributed by atoms with Crippen molar-refractivity contribution in [1.82, 2.24) is 4.90 Å². The van der Waals surface area contributed by atoms with Gasteiger partial charge in [-0.15, -0.1) is 0 Å². The largest absolute Gasteiger partial charge is 0.395 e. The number of hydrogen-bond acceptors (Lipinski definition) is 3. The summed E-state index contributed by atoms with van der Waals surface area (Å²) in [5, 5.41) is 10.3. The Balaban J connectivity index is 2.55. The average Bonchev–Trinajstić information content (AvgIpc) is 2.62. The van der Waals surface area contributed by atoms with Crippen molar-refractivity contribution in [1.29, 1.82) is 0 Å². The van der Waals surface area contributed by atoms with Gasteiger partial charge in [0.15, 0.2) is 0 Å². The zero-order valence-electron chi connectivity index (χ0n) is 11.7. The number of aliphatic hydroxyl groups is 1. The normalized spacial score (nSPS) is 20.0. The van der Waals surface area contributed by atoms with Crippen LogP contribution in [-0.4, -0.2) is 55.3 Å². The van der Waals surface area contributed by atoms with Gasteiger partial charge in [0.1, 0.15) is 0 Å². The molecule has 0 heterocycles. The van der Waals surface area contributed by atoms with E-state index in [-0.39, 0.29) is 6.61 Å². The quantitative estimate of drug-likeness (QED) is 0.551. The van der Waals surface area contributed by atoms with Crippen molar-refractivity contribution < 1.29 is 9.84 Å². The van der Waals surface area contributed by atoms with Crippen LogP contribution >= 0.6 is 15.9 Å². The third-order valence-electron chi connectivity index (χ3n) is 4.03. The number of methoxy groups -OCH3 is 1. The summed E-state index contributed by atoms with van der Waals surface area (Å²) < 4.78 is 5.16. The molecule has 1 saturated carbocycles. The standard InChI is InChI=1S/C14H28BrNO2/c1-18-11-9-16(8-10-17)13-14(12-15)6-4-2-3-5-7-14/h17H,2-13H2,1H3. The summed E-state index contributed by atoms with van der Waals surface area (Å²) in [4.78, 5) is 2.36. The molecule has 0 bridgehead atoms. The first-order valence-corrected chi connectivity index (χ1v) is 8.26. The molecule has 1 fully saturated rings. The molecule has 1 aliphatic carbocycles. The van der Waals surface area contributed by atoms with E-state index in [0.29, 0.717) is 5.41 Å². The number of halogens is 1. The zero-order valence-corrected chi connectivity index (χ0v) is 13.3. The monoisotopic (exact) mass is 321 g/mol. The lowest BCUT2D eigenvalue weighted by atomic mass is 9.82. The highest BCUT2D eigenvalue weighted by Gasteiger charge is 2.31. The van der Waals surface area contributed by atoms with Gasteiger partial charge in [-0.25, -0.2) is 0 Å². The fourth-order valence-corrected chi connectivity index (χ4v) is 3.66. The lowest BCUT2D eigenvalue weighted by Gasteiger charge is -2.36. The van der Waals surface area contributed by atoms with Gasteiger partial charge in [-0.2, -0.15) is 0 Å². The van der Waals surface area contributed by atoms with Crippen LogP contribution < -0.4 is 0 Å². The third-order valence-corrected chi connectivity index (χ3v) is 5.22. The minimum atomic E-state index is 0.238. The Morgan fingerprint density at radius 1 is 1.17 bits per heavy atom. The first-order valence-electron chi connectivity index (χ1n) is 7.14. The van der Waals surface area contributed by atoms with Gasteiger partial charge < -0.3 is 9.84 Å². The minimum absolute atomic E-state index is 0.238. The summed E-state index contributed by atoms with van der Waals surface area (Å²) in [5.74, 6) is 0. The fourth-order valence-electron chi connectivity index (χ4n) is 2.92. The second-order valence-electron chi connectivity index (χ2n) is 5.54. The van der Waals surface area contributed by atoms with E-state index in [2.05, 4.69) is 20.8 Å². The van der Waals surface area contributed by atoms with Crippen LogP contribution in [0, 0.1) is 5.41 Å². The molecule has 4 heteroatoms. The molecule has 0 aromatic rings. The van der Waals surface area contributed by atoms with Crippen LogP contribution in [0.25, 0.3) is 0 Å². The van der Waals surface area contributed by atoms with Crippen LogP contribution in [0.15, 0.2) is 0 Å². The summed E-state index contributed by atoms with van der Waals surface area (Å²) in [5.41, 5.74) is 0.402. The van der Waals surface area contributed by atoms with Crippen molar-refractivity contribution in [2.75, 3.05) is 45.3 Å². The number of nitrogens with zero attached hydrogens (tertiary/aromatic N) is 1. The summed E-state index contributed by atoms with van der Waals surface area (Å²) in [7, 11) is 1.74. The van der Waals surface area contributed by atoms with E-state index in [1.807, 2.05) is 0 Å². The van der Waals surface area contributed by atoms with Crippen molar-refractivity contribution >= 4 is 15.9 Å². The molecule has 0 atom stereocenters. The fraction of sp³-hybridized carbons (Fsp3) is 1.00. The Labute approximate surface area is 120 Å². The molecule has 108 valence electrons. The Kier molecular flexibility index (Phi) is 8.47. The summed E-state index contributed by atoms with van der Waals surface area (Å²) in [6, 6.07) is 0. The maximum atomic E-state index is 9.18. The topological polar surface area (TPSA) is 32.7 Å². The van der Waals surface area contributed by atoms with E-state index in [9.17, 15) is 5.11 Å². The van der Waals surface area contributed by atoms with E-state index in [4.69, 9.17) is 4.74 Å². The molecule has 18 heavy (non-hydrogen) atoms. The average molecular weight is 322 g/mol. The first kappa shape index (κ1) is 16.4.